The lowest BCUT2D eigenvalue weighted by molar-refractivity contribution is -0.133. The number of benzene rings is 4. The second kappa shape index (κ2) is 12.5. The number of amides is 3. The quantitative estimate of drug-likeness (QED) is 0.239. The van der Waals surface area contributed by atoms with Gasteiger partial charge in [0.1, 0.15) is 11.6 Å². The summed E-state index contributed by atoms with van der Waals surface area (Å²) in [6.45, 7) is 5.60. The minimum Gasteiger partial charge on any atom is -0.388 e. The monoisotopic (exact) mass is 552 g/mol. The van der Waals surface area contributed by atoms with Crippen molar-refractivity contribution in [1.29, 1.82) is 0 Å². The predicted molar refractivity (Wildman–Crippen MR) is 166 cm³/mol. The molecule has 41 heavy (non-hydrogen) atoms. The van der Waals surface area contributed by atoms with E-state index in [-0.39, 0.29) is 12.8 Å². The first kappa shape index (κ1) is 29.8. The molecule has 0 radical (unpaired) electrons. The molecule has 0 fully saturated rings. The Labute approximate surface area is 242 Å². The normalized spacial score (nSPS) is 14.5. The molecule has 0 aliphatic carbocycles. The fourth-order valence-corrected chi connectivity index (χ4v) is 4.96. The van der Waals surface area contributed by atoms with Gasteiger partial charge in [-0.25, -0.2) is 4.79 Å². The summed E-state index contributed by atoms with van der Waals surface area (Å²) < 4.78 is 0. The number of para-hydroxylation sites is 1. The Morgan fingerprint density at radius 1 is 0.829 bits per heavy atom. The van der Waals surface area contributed by atoms with E-state index in [0.717, 1.165) is 21.9 Å². The first-order valence-electron chi connectivity index (χ1n) is 13.9. The third kappa shape index (κ3) is 7.51. The molecule has 3 atom stereocenters. The fraction of sp³-hybridized carbons (Fsp3) is 0.294. The molecule has 0 heterocycles. The van der Waals surface area contributed by atoms with Gasteiger partial charge in [-0.2, -0.15) is 0 Å². The van der Waals surface area contributed by atoms with Crippen LogP contribution in [0.4, 0.5) is 10.5 Å². The van der Waals surface area contributed by atoms with E-state index in [0.29, 0.717) is 5.69 Å². The number of aliphatic hydroxyl groups is 1. The predicted octanol–water partition coefficient (Wildman–Crippen LogP) is 4.81. The molecule has 5 N–H and O–H groups in total. The Hall–Kier alpha value is -4.20. The number of nitrogens with one attached hydrogen (secondary N) is 2. The Balaban J connectivity index is 1.71. The van der Waals surface area contributed by atoms with E-state index in [1.165, 1.54) is 4.90 Å². The van der Waals surface area contributed by atoms with Crippen molar-refractivity contribution in [3.05, 3.63) is 114 Å². The average Bonchev–Trinajstić information content (AvgIpc) is 2.96. The maximum Gasteiger partial charge on any atom is 0.321 e. The molecule has 0 aliphatic heterocycles. The molecule has 0 spiro atoms. The molecule has 0 saturated carbocycles. The maximum atomic E-state index is 13.9. The minimum absolute atomic E-state index is 0.0661. The highest BCUT2D eigenvalue weighted by molar-refractivity contribution is 5.92. The summed E-state index contributed by atoms with van der Waals surface area (Å²) in [5.74, 6) is -0.491. The van der Waals surface area contributed by atoms with Gasteiger partial charge in [0.25, 0.3) is 0 Å². The standard InChI is InChI=1S/C34H40N4O3/c1-33(2,3)37-31(40)34(35,23-25-19-20-26-15-11-12-16-27(26)21-25)30(39)29(22-24-13-7-5-8-14-24)36-32(41)38(4)28-17-9-6-10-18-28/h5-21,29-30,39H,22-23,35H2,1-4H3,(H,36,41)(H,37,40). The Kier molecular flexibility index (Phi) is 9.11. The molecule has 0 aromatic heterocycles. The lowest BCUT2D eigenvalue weighted by Gasteiger charge is -2.40. The van der Waals surface area contributed by atoms with Crippen LogP contribution in [0.5, 0.6) is 0 Å². The number of carbonyl (C=O) groups is 2. The van der Waals surface area contributed by atoms with E-state index in [4.69, 9.17) is 5.73 Å². The van der Waals surface area contributed by atoms with Gasteiger partial charge >= 0.3 is 6.03 Å². The van der Waals surface area contributed by atoms with Gasteiger partial charge in [-0.1, -0.05) is 91.0 Å². The number of hydrogen-bond donors (Lipinski definition) is 4. The van der Waals surface area contributed by atoms with Gasteiger partial charge in [0, 0.05) is 24.7 Å². The van der Waals surface area contributed by atoms with Crippen molar-refractivity contribution >= 4 is 28.4 Å². The third-order valence-electron chi connectivity index (χ3n) is 7.19. The van der Waals surface area contributed by atoms with Crippen LogP contribution in [-0.4, -0.2) is 47.3 Å². The van der Waals surface area contributed by atoms with Crippen LogP contribution in [0, 0.1) is 0 Å². The summed E-state index contributed by atoms with van der Waals surface area (Å²) in [5.41, 5.74) is 7.01. The number of hydrogen-bond acceptors (Lipinski definition) is 4. The highest BCUT2D eigenvalue weighted by Crippen LogP contribution is 2.25. The van der Waals surface area contributed by atoms with E-state index < -0.39 is 35.2 Å². The first-order valence-corrected chi connectivity index (χ1v) is 13.9. The van der Waals surface area contributed by atoms with Crippen molar-refractivity contribution in [2.45, 2.75) is 56.8 Å². The number of nitrogens with zero attached hydrogens (tertiary/aromatic N) is 1. The molecule has 3 unspecified atom stereocenters. The van der Waals surface area contributed by atoms with Crippen LogP contribution in [0.25, 0.3) is 10.8 Å². The van der Waals surface area contributed by atoms with Crippen molar-refractivity contribution < 1.29 is 14.7 Å². The van der Waals surface area contributed by atoms with E-state index in [9.17, 15) is 14.7 Å². The second-order valence-corrected chi connectivity index (χ2v) is 11.7. The molecule has 3 amide bonds. The zero-order valence-corrected chi connectivity index (χ0v) is 24.2. The molecular weight excluding hydrogens is 512 g/mol. The Morgan fingerprint density at radius 2 is 1.41 bits per heavy atom. The number of carbonyl (C=O) groups excluding carboxylic acids is 2. The first-order chi connectivity index (χ1) is 19.5. The van der Waals surface area contributed by atoms with Gasteiger partial charge in [0.15, 0.2) is 0 Å². The van der Waals surface area contributed by atoms with Gasteiger partial charge in [-0.15, -0.1) is 0 Å². The summed E-state index contributed by atoms with van der Waals surface area (Å²) in [7, 11) is 1.66. The van der Waals surface area contributed by atoms with Gasteiger partial charge < -0.3 is 21.5 Å². The zero-order valence-electron chi connectivity index (χ0n) is 24.2. The van der Waals surface area contributed by atoms with Crippen LogP contribution >= 0.6 is 0 Å². The highest BCUT2D eigenvalue weighted by Gasteiger charge is 2.47. The Morgan fingerprint density at radius 3 is 2.05 bits per heavy atom. The summed E-state index contributed by atoms with van der Waals surface area (Å²) >= 11 is 0. The molecule has 7 heteroatoms. The molecule has 7 nitrogen and oxygen atoms in total. The molecule has 4 aromatic rings. The summed E-state index contributed by atoms with van der Waals surface area (Å²) in [5, 5.41) is 20.0. The number of urea groups is 1. The van der Waals surface area contributed by atoms with Crippen molar-refractivity contribution in [2.24, 2.45) is 5.73 Å². The molecule has 0 aliphatic rings. The van der Waals surface area contributed by atoms with E-state index in [1.54, 1.807) is 7.05 Å². The molecule has 214 valence electrons. The van der Waals surface area contributed by atoms with Crippen LogP contribution in [0.3, 0.4) is 0 Å². The molecule has 0 saturated heterocycles. The number of fused-ring (bicyclic) bond motifs is 1. The summed E-state index contributed by atoms with van der Waals surface area (Å²) in [6, 6.07) is 31.3. The number of nitrogens with two attached hydrogens (primary N) is 1. The van der Waals surface area contributed by atoms with Gasteiger partial charge in [0.05, 0.1) is 6.04 Å². The minimum atomic E-state index is -1.76. The average molecular weight is 553 g/mol. The van der Waals surface area contributed by atoms with Crippen molar-refractivity contribution in [1.82, 2.24) is 10.6 Å². The van der Waals surface area contributed by atoms with Crippen molar-refractivity contribution in [2.75, 3.05) is 11.9 Å². The number of rotatable bonds is 9. The van der Waals surface area contributed by atoms with Crippen LogP contribution < -0.4 is 21.3 Å². The van der Waals surface area contributed by atoms with Crippen LogP contribution in [0.2, 0.25) is 0 Å². The van der Waals surface area contributed by atoms with Crippen LogP contribution in [0.15, 0.2) is 103 Å². The summed E-state index contributed by atoms with van der Waals surface area (Å²) in [4.78, 5) is 28.8. The van der Waals surface area contributed by atoms with E-state index in [1.807, 2.05) is 124 Å². The van der Waals surface area contributed by atoms with Gasteiger partial charge in [0.2, 0.25) is 5.91 Å². The number of aliphatic hydroxyl groups excluding tert-OH is 1. The fourth-order valence-electron chi connectivity index (χ4n) is 4.96. The third-order valence-corrected chi connectivity index (χ3v) is 7.19. The Bertz CT molecular complexity index is 1470. The molecular formula is C34H40N4O3. The van der Waals surface area contributed by atoms with Crippen molar-refractivity contribution in [3.8, 4) is 0 Å². The summed E-state index contributed by atoms with van der Waals surface area (Å²) in [6.07, 6.45) is -1.09. The van der Waals surface area contributed by atoms with E-state index >= 15 is 0 Å². The number of anilines is 1. The lowest BCUT2D eigenvalue weighted by atomic mass is 9.79. The largest absolute Gasteiger partial charge is 0.388 e. The maximum absolute atomic E-state index is 13.9. The van der Waals surface area contributed by atoms with Crippen molar-refractivity contribution in [3.63, 3.8) is 0 Å². The highest BCUT2D eigenvalue weighted by atomic mass is 16.3. The van der Waals surface area contributed by atoms with Crippen LogP contribution in [-0.2, 0) is 17.6 Å². The lowest BCUT2D eigenvalue weighted by Crippen LogP contribution is -2.70. The SMILES string of the molecule is CN(C(=O)NC(Cc1ccccc1)C(O)C(N)(Cc1ccc2ccccc2c1)C(=O)NC(C)(C)C)c1ccccc1. The second-order valence-electron chi connectivity index (χ2n) is 11.7. The van der Waals surface area contributed by atoms with Gasteiger partial charge in [-0.3, -0.25) is 9.69 Å². The smallest absolute Gasteiger partial charge is 0.321 e. The van der Waals surface area contributed by atoms with Crippen LogP contribution in [0.1, 0.15) is 31.9 Å². The molecule has 0 bridgehead atoms. The van der Waals surface area contributed by atoms with E-state index in [2.05, 4.69) is 10.6 Å². The van der Waals surface area contributed by atoms with Gasteiger partial charge in [-0.05, 0) is 61.2 Å². The molecule has 4 rings (SSSR count). The topological polar surface area (TPSA) is 108 Å². The zero-order chi connectivity index (χ0) is 29.6. The molecule has 4 aromatic carbocycles.